The number of thiophene rings is 1. The average Bonchev–Trinajstić information content (AvgIpc) is 2.95. The van der Waals surface area contributed by atoms with E-state index in [2.05, 4.69) is 10.2 Å². The van der Waals surface area contributed by atoms with Crippen molar-refractivity contribution in [2.45, 2.75) is 37.2 Å². The number of carbonyl (C=O) groups excluding carboxylic acids is 1. The highest BCUT2D eigenvalue weighted by atomic mass is 35.5. The number of Topliss-reactive ketones (excluding diaryl/α,β-unsaturated/α-hetero) is 1. The smallest absolute Gasteiger partial charge is 0.292 e. The second kappa shape index (κ2) is 6.15. The first-order valence-corrected chi connectivity index (χ1v) is 8.10. The van der Waals surface area contributed by atoms with Crippen LogP contribution in [-0.4, -0.2) is 25.8 Å². The Kier molecular flexibility index (Phi) is 4.72. The molecule has 0 fully saturated rings. The molecule has 0 aromatic carbocycles. The van der Waals surface area contributed by atoms with Gasteiger partial charge in [-0.2, -0.15) is 0 Å². The minimum absolute atomic E-state index is 0.0118. The summed E-state index contributed by atoms with van der Waals surface area (Å²) in [5.41, 5.74) is -0.263. The number of nitrogens with zero attached hydrogens (tertiary/aromatic N) is 2. The molecule has 0 radical (unpaired) electrons. The van der Waals surface area contributed by atoms with Crippen LogP contribution in [0.1, 0.15) is 36.5 Å². The summed E-state index contributed by atoms with van der Waals surface area (Å²) in [6, 6.07) is 3.41. The average molecular weight is 332 g/mol. The number of nitrogens with one attached hydrogen (secondary N) is 1. The SMILES string of the molecule is CC(Sc1n[nH]c(=O)n1C(C)C)C(=O)c1ccc(Cl)s1. The molecule has 0 bridgehead atoms. The number of hydrogen-bond acceptors (Lipinski definition) is 5. The topological polar surface area (TPSA) is 67.8 Å². The van der Waals surface area contributed by atoms with Crippen LogP contribution in [0, 0.1) is 0 Å². The van der Waals surface area contributed by atoms with Gasteiger partial charge in [0.15, 0.2) is 10.9 Å². The standard InChI is InChI=1S/C12H14ClN3O2S2/c1-6(2)16-11(18)14-15-12(16)19-7(3)10(17)8-4-5-9(13)20-8/h4-7H,1-3H3,(H,14,18). The second-order valence-corrected chi connectivity index (χ2v) is 7.53. The summed E-state index contributed by atoms with van der Waals surface area (Å²) in [4.78, 5) is 24.5. The summed E-state index contributed by atoms with van der Waals surface area (Å²) >= 11 is 8.36. The Balaban J connectivity index is 2.18. The number of aromatic nitrogens is 3. The van der Waals surface area contributed by atoms with Crippen LogP contribution < -0.4 is 5.69 Å². The number of halogens is 1. The number of aromatic amines is 1. The van der Waals surface area contributed by atoms with Gasteiger partial charge in [0, 0.05) is 6.04 Å². The van der Waals surface area contributed by atoms with Gasteiger partial charge in [-0.3, -0.25) is 9.36 Å². The normalized spacial score (nSPS) is 12.8. The van der Waals surface area contributed by atoms with E-state index in [4.69, 9.17) is 11.6 Å². The lowest BCUT2D eigenvalue weighted by molar-refractivity contribution is 0.0997. The minimum atomic E-state index is -0.336. The number of ketones is 1. The summed E-state index contributed by atoms with van der Waals surface area (Å²) in [6.45, 7) is 5.59. The number of H-pyrrole nitrogens is 1. The van der Waals surface area contributed by atoms with E-state index in [1.54, 1.807) is 19.1 Å². The van der Waals surface area contributed by atoms with Crippen LogP contribution in [0.3, 0.4) is 0 Å². The Labute approximate surface area is 129 Å². The van der Waals surface area contributed by atoms with Crippen LogP contribution in [0.2, 0.25) is 4.34 Å². The number of thioether (sulfide) groups is 1. The molecule has 8 heteroatoms. The van der Waals surface area contributed by atoms with Crippen LogP contribution in [0.5, 0.6) is 0 Å². The van der Waals surface area contributed by atoms with E-state index in [1.165, 1.54) is 27.7 Å². The molecule has 1 unspecified atom stereocenters. The van der Waals surface area contributed by atoms with Crippen molar-refractivity contribution >= 4 is 40.5 Å². The van der Waals surface area contributed by atoms with Gasteiger partial charge in [0.1, 0.15) is 0 Å². The second-order valence-electron chi connectivity index (χ2n) is 4.50. The molecule has 1 atom stereocenters. The summed E-state index contributed by atoms with van der Waals surface area (Å²) < 4.78 is 2.12. The van der Waals surface area contributed by atoms with Crippen LogP contribution in [0.4, 0.5) is 0 Å². The molecular formula is C12H14ClN3O2S2. The van der Waals surface area contributed by atoms with Gasteiger partial charge in [-0.1, -0.05) is 23.4 Å². The molecule has 2 aromatic rings. The van der Waals surface area contributed by atoms with Crippen LogP contribution in [0.15, 0.2) is 22.1 Å². The predicted molar refractivity (Wildman–Crippen MR) is 82.2 cm³/mol. The van der Waals surface area contributed by atoms with Gasteiger partial charge in [-0.15, -0.1) is 16.4 Å². The molecule has 108 valence electrons. The number of carbonyl (C=O) groups is 1. The lowest BCUT2D eigenvalue weighted by Gasteiger charge is -2.11. The first-order valence-electron chi connectivity index (χ1n) is 6.03. The van der Waals surface area contributed by atoms with E-state index in [-0.39, 0.29) is 22.8 Å². The van der Waals surface area contributed by atoms with Crippen LogP contribution >= 0.6 is 34.7 Å². The van der Waals surface area contributed by atoms with Crippen molar-refractivity contribution in [3.63, 3.8) is 0 Å². The fraction of sp³-hybridized carbons (Fsp3) is 0.417. The fourth-order valence-electron chi connectivity index (χ4n) is 1.69. The van der Waals surface area contributed by atoms with Gasteiger partial charge in [0.2, 0.25) is 0 Å². The molecule has 0 spiro atoms. The van der Waals surface area contributed by atoms with E-state index in [0.29, 0.717) is 14.4 Å². The zero-order valence-corrected chi connectivity index (χ0v) is 13.6. The first-order chi connectivity index (χ1) is 9.40. The van der Waals surface area contributed by atoms with E-state index in [0.717, 1.165) is 0 Å². The van der Waals surface area contributed by atoms with Crippen molar-refractivity contribution in [2.24, 2.45) is 0 Å². The molecule has 2 heterocycles. The fourth-order valence-corrected chi connectivity index (χ4v) is 3.89. The highest BCUT2D eigenvalue weighted by Crippen LogP contribution is 2.28. The van der Waals surface area contributed by atoms with Gasteiger partial charge in [-0.05, 0) is 32.9 Å². The Morgan fingerprint density at radius 3 is 2.70 bits per heavy atom. The molecule has 1 N–H and O–H groups in total. The zero-order chi connectivity index (χ0) is 14.9. The number of rotatable bonds is 5. The molecule has 0 aliphatic carbocycles. The highest BCUT2D eigenvalue weighted by molar-refractivity contribution is 8.00. The largest absolute Gasteiger partial charge is 0.344 e. The summed E-state index contributed by atoms with van der Waals surface area (Å²) in [6.07, 6.45) is 0. The third kappa shape index (κ3) is 3.16. The molecule has 2 aromatic heterocycles. The van der Waals surface area contributed by atoms with Crippen molar-refractivity contribution in [2.75, 3.05) is 0 Å². The Morgan fingerprint density at radius 1 is 1.45 bits per heavy atom. The molecule has 0 saturated carbocycles. The van der Waals surface area contributed by atoms with Gasteiger partial charge in [0.25, 0.3) is 0 Å². The summed E-state index contributed by atoms with van der Waals surface area (Å²) in [5.74, 6) is -0.0161. The van der Waals surface area contributed by atoms with Crippen molar-refractivity contribution in [3.05, 3.63) is 31.8 Å². The maximum atomic E-state index is 12.3. The molecular weight excluding hydrogens is 318 g/mol. The highest BCUT2D eigenvalue weighted by Gasteiger charge is 2.22. The number of hydrogen-bond donors (Lipinski definition) is 1. The summed E-state index contributed by atoms with van der Waals surface area (Å²) in [5, 5.41) is 6.57. The third-order valence-corrected chi connectivity index (χ3v) is 4.97. The molecule has 0 aliphatic heterocycles. The van der Waals surface area contributed by atoms with E-state index in [9.17, 15) is 9.59 Å². The van der Waals surface area contributed by atoms with Crippen molar-refractivity contribution in [1.82, 2.24) is 14.8 Å². The molecule has 0 saturated heterocycles. The third-order valence-electron chi connectivity index (χ3n) is 2.66. The first kappa shape index (κ1) is 15.3. The molecule has 0 amide bonds. The maximum Gasteiger partial charge on any atom is 0.344 e. The quantitative estimate of drug-likeness (QED) is 0.674. The van der Waals surface area contributed by atoms with Crippen molar-refractivity contribution < 1.29 is 4.79 Å². The van der Waals surface area contributed by atoms with Gasteiger partial charge >= 0.3 is 5.69 Å². The molecule has 5 nitrogen and oxygen atoms in total. The van der Waals surface area contributed by atoms with Gasteiger partial charge in [0.05, 0.1) is 14.5 Å². The Hall–Kier alpha value is -1.05. The zero-order valence-electron chi connectivity index (χ0n) is 11.2. The lowest BCUT2D eigenvalue weighted by atomic mass is 10.2. The van der Waals surface area contributed by atoms with E-state index >= 15 is 0 Å². The predicted octanol–water partition coefficient (Wildman–Crippen LogP) is 3.23. The van der Waals surface area contributed by atoms with Gasteiger partial charge < -0.3 is 0 Å². The summed E-state index contributed by atoms with van der Waals surface area (Å²) in [7, 11) is 0. The van der Waals surface area contributed by atoms with Crippen molar-refractivity contribution in [1.29, 1.82) is 0 Å². The van der Waals surface area contributed by atoms with E-state index in [1.807, 2.05) is 13.8 Å². The van der Waals surface area contributed by atoms with E-state index < -0.39 is 0 Å². The lowest BCUT2D eigenvalue weighted by Crippen LogP contribution is -2.20. The molecule has 20 heavy (non-hydrogen) atoms. The Morgan fingerprint density at radius 2 is 2.15 bits per heavy atom. The molecule has 2 rings (SSSR count). The van der Waals surface area contributed by atoms with Crippen LogP contribution in [0.25, 0.3) is 0 Å². The Bertz CT molecular complexity index is 674. The molecule has 0 aliphatic rings. The minimum Gasteiger partial charge on any atom is -0.292 e. The van der Waals surface area contributed by atoms with Gasteiger partial charge in [-0.25, -0.2) is 9.89 Å². The van der Waals surface area contributed by atoms with Crippen LogP contribution in [-0.2, 0) is 0 Å². The van der Waals surface area contributed by atoms with Crippen molar-refractivity contribution in [3.8, 4) is 0 Å². The maximum absolute atomic E-state index is 12.3. The monoisotopic (exact) mass is 331 g/mol.